The van der Waals surface area contributed by atoms with Gasteiger partial charge in [-0.1, -0.05) is 41.9 Å². The lowest BCUT2D eigenvalue weighted by molar-refractivity contribution is -0.139. The summed E-state index contributed by atoms with van der Waals surface area (Å²) < 4.78 is 39.5. The van der Waals surface area contributed by atoms with Crippen LogP contribution in [-0.4, -0.2) is 58.0 Å². The van der Waals surface area contributed by atoms with Crippen LogP contribution in [0.3, 0.4) is 0 Å². The number of hydrogen-bond acceptors (Lipinski definition) is 6. The van der Waals surface area contributed by atoms with Crippen LogP contribution in [0.25, 0.3) is 0 Å². The molecule has 9 nitrogen and oxygen atoms in total. The summed E-state index contributed by atoms with van der Waals surface area (Å²) in [5, 5.41) is 3.35. The van der Waals surface area contributed by atoms with E-state index in [0.29, 0.717) is 16.5 Å². The number of halogens is 1. The summed E-state index contributed by atoms with van der Waals surface area (Å²) in [7, 11) is -1.29. The molecule has 0 saturated carbocycles. The molecule has 0 aliphatic heterocycles. The standard InChI is InChI=1S/C29H34ClN3O6S/c1-20(2)31-29(35)21(3)32(18-22-11-13-23(30)14-12-22)28(34)19-33(40(36,37)25-9-7-6-8-10-25)24-15-16-26(38-4)27(17-24)39-5/h6-17,20-21H,18-19H2,1-5H3,(H,31,35)/t21-/m1/s1. The van der Waals surface area contributed by atoms with Crippen molar-refractivity contribution in [2.45, 2.75) is 44.3 Å². The predicted molar refractivity (Wildman–Crippen MR) is 155 cm³/mol. The molecule has 0 saturated heterocycles. The van der Waals surface area contributed by atoms with E-state index in [1.807, 2.05) is 13.8 Å². The van der Waals surface area contributed by atoms with Crippen LogP contribution in [0.1, 0.15) is 26.3 Å². The highest BCUT2D eigenvalue weighted by Crippen LogP contribution is 2.34. The van der Waals surface area contributed by atoms with Crippen molar-refractivity contribution in [1.29, 1.82) is 0 Å². The maximum absolute atomic E-state index is 13.9. The Morgan fingerprint density at radius 1 is 0.900 bits per heavy atom. The van der Waals surface area contributed by atoms with Crippen LogP contribution >= 0.6 is 11.6 Å². The van der Waals surface area contributed by atoms with E-state index in [9.17, 15) is 18.0 Å². The molecule has 0 aliphatic rings. The van der Waals surface area contributed by atoms with Crippen molar-refractivity contribution in [2.75, 3.05) is 25.1 Å². The van der Waals surface area contributed by atoms with Crippen molar-refractivity contribution in [2.24, 2.45) is 0 Å². The smallest absolute Gasteiger partial charge is 0.264 e. The number of rotatable bonds is 12. The Kier molecular flexibility index (Phi) is 10.4. The summed E-state index contributed by atoms with van der Waals surface area (Å²) in [6, 6.07) is 18.3. The summed E-state index contributed by atoms with van der Waals surface area (Å²) in [6.07, 6.45) is 0. The molecule has 1 N–H and O–H groups in total. The SMILES string of the molecule is COc1ccc(N(CC(=O)N(Cc2ccc(Cl)cc2)[C@H](C)C(=O)NC(C)C)S(=O)(=O)c2ccccc2)cc1OC. The second-order valence-corrected chi connectivity index (χ2v) is 11.7. The number of nitrogens with one attached hydrogen (secondary N) is 1. The fraction of sp³-hybridized carbons (Fsp3) is 0.310. The topological polar surface area (TPSA) is 105 Å². The lowest BCUT2D eigenvalue weighted by Crippen LogP contribution is -2.52. The minimum Gasteiger partial charge on any atom is -0.493 e. The highest BCUT2D eigenvalue weighted by atomic mass is 35.5. The number of ether oxygens (including phenoxy) is 2. The van der Waals surface area contributed by atoms with Crippen molar-refractivity contribution in [1.82, 2.24) is 10.2 Å². The van der Waals surface area contributed by atoms with Crippen LogP contribution in [0.15, 0.2) is 77.7 Å². The van der Waals surface area contributed by atoms with Gasteiger partial charge in [0.15, 0.2) is 11.5 Å². The number of carbonyl (C=O) groups is 2. The largest absolute Gasteiger partial charge is 0.493 e. The molecule has 3 aromatic rings. The predicted octanol–water partition coefficient (Wildman–Crippen LogP) is 4.49. The van der Waals surface area contributed by atoms with Crippen molar-refractivity contribution in [3.63, 3.8) is 0 Å². The zero-order valence-electron chi connectivity index (χ0n) is 23.1. The Morgan fingerprint density at radius 3 is 2.10 bits per heavy atom. The number of carbonyl (C=O) groups excluding carboxylic acids is 2. The van der Waals surface area contributed by atoms with E-state index in [-0.39, 0.29) is 29.1 Å². The molecule has 3 aromatic carbocycles. The van der Waals surface area contributed by atoms with Gasteiger partial charge in [-0.25, -0.2) is 8.42 Å². The molecule has 0 fully saturated rings. The van der Waals surface area contributed by atoms with Gasteiger partial charge in [0.25, 0.3) is 10.0 Å². The van der Waals surface area contributed by atoms with Crippen LogP contribution < -0.4 is 19.1 Å². The lowest BCUT2D eigenvalue weighted by Gasteiger charge is -2.32. The van der Waals surface area contributed by atoms with E-state index in [1.165, 1.54) is 43.4 Å². The molecular formula is C29H34ClN3O6S. The Bertz CT molecular complexity index is 1420. The molecule has 0 spiro atoms. The second-order valence-electron chi connectivity index (χ2n) is 9.35. The van der Waals surface area contributed by atoms with Crippen molar-refractivity contribution in [3.8, 4) is 11.5 Å². The van der Waals surface area contributed by atoms with Crippen LogP contribution in [0.2, 0.25) is 5.02 Å². The molecule has 1 atom stereocenters. The number of amides is 2. The molecule has 214 valence electrons. The highest BCUT2D eigenvalue weighted by Gasteiger charge is 2.33. The Hall–Kier alpha value is -3.76. The van der Waals surface area contributed by atoms with Gasteiger partial charge in [0.1, 0.15) is 12.6 Å². The fourth-order valence-electron chi connectivity index (χ4n) is 4.00. The van der Waals surface area contributed by atoms with E-state index in [2.05, 4.69) is 5.32 Å². The van der Waals surface area contributed by atoms with E-state index < -0.39 is 28.5 Å². The van der Waals surface area contributed by atoms with Crippen LogP contribution in [0.4, 0.5) is 5.69 Å². The molecule has 0 aliphatic carbocycles. The summed E-state index contributed by atoms with van der Waals surface area (Å²) in [5.74, 6) is -0.238. The maximum Gasteiger partial charge on any atom is 0.264 e. The van der Waals surface area contributed by atoms with Crippen LogP contribution in [-0.2, 0) is 26.2 Å². The number of nitrogens with zero attached hydrogens (tertiary/aromatic N) is 2. The van der Waals surface area contributed by atoms with Gasteiger partial charge in [-0.3, -0.25) is 13.9 Å². The minimum atomic E-state index is -4.20. The lowest BCUT2D eigenvalue weighted by atomic mass is 10.1. The number of hydrogen-bond donors (Lipinski definition) is 1. The number of benzene rings is 3. The molecular weight excluding hydrogens is 554 g/mol. The molecule has 3 rings (SSSR count). The molecule has 0 heterocycles. The highest BCUT2D eigenvalue weighted by molar-refractivity contribution is 7.92. The van der Waals surface area contributed by atoms with Crippen LogP contribution in [0.5, 0.6) is 11.5 Å². The van der Waals surface area contributed by atoms with Gasteiger partial charge < -0.3 is 19.7 Å². The van der Waals surface area contributed by atoms with Crippen molar-refractivity contribution < 1.29 is 27.5 Å². The average molecular weight is 588 g/mol. The summed E-state index contributed by atoms with van der Waals surface area (Å²) in [6.45, 7) is 4.74. The number of anilines is 1. The van der Waals surface area contributed by atoms with E-state index in [4.69, 9.17) is 21.1 Å². The minimum absolute atomic E-state index is 0.00688. The average Bonchev–Trinajstić information content (AvgIpc) is 2.94. The molecule has 40 heavy (non-hydrogen) atoms. The van der Waals surface area contributed by atoms with E-state index in [0.717, 1.165) is 9.87 Å². The monoisotopic (exact) mass is 587 g/mol. The Balaban J connectivity index is 2.07. The number of methoxy groups -OCH3 is 2. The zero-order chi connectivity index (χ0) is 29.4. The first-order valence-corrected chi connectivity index (χ1v) is 14.4. The summed E-state index contributed by atoms with van der Waals surface area (Å²) >= 11 is 6.04. The van der Waals surface area contributed by atoms with Gasteiger partial charge in [0.2, 0.25) is 11.8 Å². The van der Waals surface area contributed by atoms with Gasteiger partial charge in [0, 0.05) is 23.7 Å². The zero-order valence-corrected chi connectivity index (χ0v) is 24.7. The molecule has 0 bridgehead atoms. The molecule has 11 heteroatoms. The third-order valence-corrected chi connectivity index (χ3v) is 8.17. The first-order valence-electron chi connectivity index (χ1n) is 12.6. The quantitative estimate of drug-likeness (QED) is 0.335. The first kappa shape index (κ1) is 30.8. The Labute approximate surface area is 240 Å². The number of sulfonamides is 1. The van der Waals surface area contributed by atoms with Gasteiger partial charge >= 0.3 is 0 Å². The third-order valence-electron chi connectivity index (χ3n) is 6.13. The van der Waals surface area contributed by atoms with E-state index in [1.54, 1.807) is 55.5 Å². The molecule has 0 radical (unpaired) electrons. The third kappa shape index (κ3) is 7.45. The Morgan fingerprint density at radius 2 is 1.52 bits per heavy atom. The summed E-state index contributed by atoms with van der Waals surface area (Å²) in [5.41, 5.74) is 0.922. The van der Waals surface area contributed by atoms with Gasteiger partial charge in [0.05, 0.1) is 24.8 Å². The first-order chi connectivity index (χ1) is 19.0. The maximum atomic E-state index is 13.9. The van der Waals surface area contributed by atoms with Crippen molar-refractivity contribution >= 4 is 39.1 Å². The van der Waals surface area contributed by atoms with Gasteiger partial charge in [-0.15, -0.1) is 0 Å². The molecule has 2 amide bonds. The molecule has 0 unspecified atom stereocenters. The van der Waals surface area contributed by atoms with Crippen LogP contribution in [0, 0.1) is 0 Å². The van der Waals surface area contributed by atoms with Crippen molar-refractivity contribution in [3.05, 3.63) is 83.4 Å². The fourth-order valence-corrected chi connectivity index (χ4v) is 5.56. The molecule has 0 aromatic heterocycles. The van der Waals surface area contributed by atoms with E-state index >= 15 is 0 Å². The summed E-state index contributed by atoms with van der Waals surface area (Å²) in [4.78, 5) is 28.3. The normalized spacial score (nSPS) is 12.0. The second kappa shape index (κ2) is 13.5. The van der Waals surface area contributed by atoms with Gasteiger partial charge in [-0.2, -0.15) is 0 Å². The van der Waals surface area contributed by atoms with Gasteiger partial charge in [-0.05, 0) is 62.7 Å².